The standard InChI is InChI=1S/C19H26F5N5/c1-2-25-18(26-14-5-7-28(10-14)12-19(22,23)24)27-15-6-8-29(11-15)17-4-3-13(20)9-16(17)21/h3-4,9,14-15H,2,5-8,10-12H2,1H3,(H2,25,26,27). The number of anilines is 1. The van der Waals surface area contributed by atoms with Crippen molar-refractivity contribution in [2.45, 2.75) is 38.0 Å². The van der Waals surface area contributed by atoms with E-state index in [9.17, 15) is 22.0 Å². The number of nitrogens with one attached hydrogen (secondary N) is 2. The van der Waals surface area contributed by atoms with E-state index in [1.807, 2.05) is 11.8 Å². The second-order valence-corrected chi connectivity index (χ2v) is 7.47. The zero-order valence-electron chi connectivity index (χ0n) is 16.3. The molecule has 0 radical (unpaired) electrons. The van der Waals surface area contributed by atoms with Crippen LogP contribution in [0.3, 0.4) is 0 Å². The van der Waals surface area contributed by atoms with Gasteiger partial charge in [0.2, 0.25) is 0 Å². The molecule has 2 aliphatic heterocycles. The summed E-state index contributed by atoms with van der Waals surface area (Å²) in [6.45, 7) is 3.33. The van der Waals surface area contributed by atoms with Crippen molar-refractivity contribution < 1.29 is 22.0 Å². The Labute approximate surface area is 167 Å². The Bertz CT molecular complexity index is 723. The van der Waals surface area contributed by atoms with Crippen LogP contribution in [0.2, 0.25) is 0 Å². The number of hydrogen-bond acceptors (Lipinski definition) is 3. The highest BCUT2D eigenvalue weighted by Gasteiger charge is 2.35. The lowest BCUT2D eigenvalue weighted by molar-refractivity contribution is -0.143. The molecule has 0 spiro atoms. The second kappa shape index (κ2) is 9.15. The smallest absolute Gasteiger partial charge is 0.367 e. The minimum absolute atomic E-state index is 0.00457. The van der Waals surface area contributed by atoms with Crippen molar-refractivity contribution in [1.29, 1.82) is 0 Å². The maximum Gasteiger partial charge on any atom is 0.401 e. The van der Waals surface area contributed by atoms with Gasteiger partial charge >= 0.3 is 6.18 Å². The summed E-state index contributed by atoms with van der Waals surface area (Å²) in [4.78, 5) is 7.62. The van der Waals surface area contributed by atoms with E-state index in [0.717, 1.165) is 12.5 Å². The first-order valence-electron chi connectivity index (χ1n) is 9.80. The molecule has 1 aromatic rings. The monoisotopic (exact) mass is 419 g/mol. The fraction of sp³-hybridized carbons (Fsp3) is 0.632. The molecule has 2 saturated heterocycles. The third-order valence-corrected chi connectivity index (χ3v) is 5.11. The number of guanidine groups is 1. The summed E-state index contributed by atoms with van der Waals surface area (Å²) in [7, 11) is 0. The molecule has 2 aliphatic rings. The molecular weight excluding hydrogens is 393 g/mol. The van der Waals surface area contributed by atoms with Gasteiger partial charge in [-0.05, 0) is 31.9 Å². The van der Waals surface area contributed by atoms with Crippen LogP contribution in [0, 0.1) is 11.6 Å². The van der Waals surface area contributed by atoms with Crippen molar-refractivity contribution >= 4 is 11.6 Å². The fourth-order valence-corrected chi connectivity index (χ4v) is 3.86. The summed E-state index contributed by atoms with van der Waals surface area (Å²) in [6, 6.07) is 3.43. The van der Waals surface area contributed by atoms with E-state index in [0.29, 0.717) is 50.8 Å². The van der Waals surface area contributed by atoms with Crippen molar-refractivity contribution in [1.82, 2.24) is 15.5 Å². The first kappa shape index (κ1) is 21.6. The first-order chi connectivity index (χ1) is 13.7. The minimum atomic E-state index is -4.20. The molecule has 0 amide bonds. The summed E-state index contributed by atoms with van der Waals surface area (Å²) in [5.41, 5.74) is 0.358. The normalized spacial score (nSPS) is 23.7. The Morgan fingerprint density at radius 1 is 1.10 bits per heavy atom. The Morgan fingerprint density at radius 2 is 1.79 bits per heavy atom. The van der Waals surface area contributed by atoms with Crippen molar-refractivity contribution in [3.8, 4) is 0 Å². The molecular formula is C19H26F5N5. The third-order valence-electron chi connectivity index (χ3n) is 5.11. The van der Waals surface area contributed by atoms with Gasteiger partial charge in [-0.1, -0.05) is 0 Å². The quantitative estimate of drug-likeness (QED) is 0.438. The van der Waals surface area contributed by atoms with Gasteiger partial charge in [-0.3, -0.25) is 9.89 Å². The number of alkyl halides is 3. The summed E-state index contributed by atoms with van der Waals surface area (Å²) in [5.74, 6) is -0.655. The molecule has 29 heavy (non-hydrogen) atoms. The fourth-order valence-electron chi connectivity index (χ4n) is 3.86. The Hall–Kier alpha value is -2.10. The number of aliphatic imine (C=N–C) groups is 1. The van der Waals surface area contributed by atoms with E-state index in [1.165, 1.54) is 17.0 Å². The lowest BCUT2D eigenvalue weighted by Gasteiger charge is -2.23. The number of halogens is 5. The van der Waals surface area contributed by atoms with Crippen molar-refractivity contribution in [3.63, 3.8) is 0 Å². The first-order valence-corrected chi connectivity index (χ1v) is 9.80. The van der Waals surface area contributed by atoms with Crippen LogP contribution in [0.4, 0.5) is 27.6 Å². The molecule has 2 fully saturated rings. The lowest BCUT2D eigenvalue weighted by atomic mass is 10.2. The van der Waals surface area contributed by atoms with E-state index in [-0.39, 0.29) is 12.1 Å². The molecule has 0 aromatic heterocycles. The lowest BCUT2D eigenvalue weighted by Crippen LogP contribution is -2.49. The van der Waals surface area contributed by atoms with Gasteiger partial charge in [-0.25, -0.2) is 8.78 Å². The van der Waals surface area contributed by atoms with Crippen molar-refractivity contribution in [2.75, 3.05) is 44.2 Å². The van der Waals surface area contributed by atoms with Crippen LogP contribution in [0.5, 0.6) is 0 Å². The zero-order valence-corrected chi connectivity index (χ0v) is 16.3. The highest BCUT2D eigenvalue weighted by molar-refractivity contribution is 5.80. The molecule has 0 aliphatic carbocycles. The summed E-state index contributed by atoms with van der Waals surface area (Å²) < 4.78 is 64.8. The molecule has 2 atom stereocenters. The third kappa shape index (κ3) is 6.19. The van der Waals surface area contributed by atoms with Gasteiger partial charge in [-0.15, -0.1) is 0 Å². The van der Waals surface area contributed by atoms with E-state index < -0.39 is 24.4 Å². The SMILES string of the molecule is CCN=C(NC1CCN(CC(F)(F)F)C1)NC1CCN(c2ccc(F)cc2F)C1. The van der Waals surface area contributed by atoms with Gasteiger partial charge < -0.3 is 15.5 Å². The van der Waals surface area contributed by atoms with Crippen LogP contribution < -0.4 is 15.5 Å². The number of rotatable bonds is 5. The van der Waals surface area contributed by atoms with Crippen LogP contribution >= 0.6 is 0 Å². The average molecular weight is 419 g/mol. The summed E-state index contributed by atoms with van der Waals surface area (Å²) >= 11 is 0. The molecule has 5 nitrogen and oxygen atoms in total. The van der Waals surface area contributed by atoms with Crippen LogP contribution in [-0.4, -0.2) is 68.4 Å². The Kier molecular flexibility index (Phi) is 6.81. The zero-order chi connectivity index (χ0) is 21.0. The van der Waals surface area contributed by atoms with E-state index in [1.54, 1.807) is 0 Å². The van der Waals surface area contributed by atoms with Crippen LogP contribution in [0.25, 0.3) is 0 Å². The number of likely N-dealkylation sites (tertiary alicyclic amines) is 1. The summed E-state index contributed by atoms with van der Waals surface area (Å²) in [5, 5.41) is 6.52. The molecule has 2 N–H and O–H groups in total. The molecule has 2 unspecified atom stereocenters. The van der Waals surface area contributed by atoms with Gasteiger partial charge in [0.05, 0.1) is 12.2 Å². The van der Waals surface area contributed by atoms with E-state index >= 15 is 0 Å². The number of hydrogen-bond donors (Lipinski definition) is 2. The molecule has 162 valence electrons. The average Bonchev–Trinajstić information content (AvgIpc) is 3.23. The van der Waals surface area contributed by atoms with E-state index in [2.05, 4.69) is 15.6 Å². The Balaban J connectivity index is 1.53. The maximum absolute atomic E-state index is 14.0. The van der Waals surface area contributed by atoms with Crippen molar-refractivity contribution in [3.05, 3.63) is 29.8 Å². The second-order valence-electron chi connectivity index (χ2n) is 7.47. The molecule has 0 saturated carbocycles. The highest BCUT2D eigenvalue weighted by atomic mass is 19.4. The van der Waals surface area contributed by atoms with Gasteiger partial charge in [0.15, 0.2) is 5.96 Å². The topological polar surface area (TPSA) is 42.9 Å². The van der Waals surface area contributed by atoms with E-state index in [4.69, 9.17) is 0 Å². The molecule has 3 rings (SSSR count). The van der Waals surface area contributed by atoms with Crippen LogP contribution in [-0.2, 0) is 0 Å². The van der Waals surface area contributed by atoms with Gasteiger partial charge in [0.1, 0.15) is 11.6 Å². The van der Waals surface area contributed by atoms with Crippen LogP contribution in [0.15, 0.2) is 23.2 Å². The largest absolute Gasteiger partial charge is 0.401 e. The highest BCUT2D eigenvalue weighted by Crippen LogP contribution is 2.24. The molecule has 10 heteroatoms. The van der Waals surface area contributed by atoms with Gasteiger partial charge in [-0.2, -0.15) is 13.2 Å². The predicted octanol–water partition coefficient (Wildman–Crippen LogP) is 2.74. The van der Waals surface area contributed by atoms with Gasteiger partial charge in [0.25, 0.3) is 0 Å². The predicted molar refractivity (Wildman–Crippen MR) is 102 cm³/mol. The van der Waals surface area contributed by atoms with Gasteiger partial charge in [0, 0.05) is 50.9 Å². The molecule has 1 aromatic carbocycles. The maximum atomic E-state index is 14.0. The number of benzene rings is 1. The Morgan fingerprint density at radius 3 is 2.45 bits per heavy atom. The van der Waals surface area contributed by atoms with Crippen molar-refractivity contribution in [2.24, 2.45) is 4.99 Å². The molecule has 0 bridgehead atoms. The van der Waals surface area contributed by atoms with Crippen LogP contribution in [0.1, 0.15) is 19.8 Å². The summed E-state index contributed by atoms with van der Waals surface area (Å²) in [6.07, 6.45) is -2.85. The minimum Gasteiger partial charge on any atom is -0.367 e. The number of nitrogens with zero attached hydrogens (tertiary/aromatic N) is 3. The molecule has 2 heterocycles.